The van der Waals surface area contributed by atoms with E-state index in [2.05, 4.69) is 5.32 Å². The lowest BCUT2D eigenvalue weighted by Crippen LogP contribution is -2.22. The number of hydrogen-bond donors (Lipinski definition) is 1. The maximum Gasteiger partial charge on any atom is 0.127 e. The van der Waals surface area contributed by atoms with Crippen LogP contribution in [0, 0.1) is 5.82 Å². The van der Waals surface area contributed by atoms with Crippen LogP contribution in [0.5, 0.6) is 0 Å². The van der Waals surface area contributed by atoms with Gasteiger partial charge in [0, 0.05) is 6.04 Å². The van der Waals surface area contributed by atoms with Crippen molar-refractivity contribution in [3.63, 3.8) is 0 Å². The fourth-order valence-electron chi connectivity index (χ4n) is 2.05. The molecule has 1 fully saturated rings. The van der Waals surface area contributed by atoms with Crippen LogP contribution >= 0.6 is 0 Å². The lowest BCUT2D eigenvalue weighted by Gasteiger charge is -2.14. The highest BCUT2D eigenvalue weighted by Gasteiger charge is 2.20. The van der Waals surface area contributed by atoms with E-state index in [0.29, 0.717) is 12.0 Å². The molecule has 0 amide bonds. The standard InChI is InChI=1S/C12H15F2N/c13-10-4-1-3-9(7-10)12(14)8-11-5-2-6-15-11/h1,3-4,7,11-12,15H,2,5-6,8H2. The van der Waals surface area contributed by atoms with Crippen LogP contribution in [-0.4, -0.2) is 12.6 Å². The Labute approximate surface area is 88.5 Å². The molecule has 1 heterocycles. The van der Waals surface area contributed by atoms with Gasteiger partial charge in [-0.2, -0.15) is 0 Å². The van der Waals surface area contributed by atoms with Crippen molar-refractivity contribution in [3.8, 4) is 0 Å². The van der Waals surface area contributed by atoms with Gasteiger partial charge in [0.25, 0.3) is 0 Å². The largest absolute Gasteiger partial charge is 0.314 e. The molecule has 0 spiro atoms. The van der Waals surface area contributed by atoms with Gasteiger partial charge in [-0.1, -0.05) is 12.1 Å². The average Bonchev–Trinajstić information content (AvgIpc) is 2.70. The fourth-order valence-corrected chi connectivity index (χ4v) is 2.05. The Hall–Kier alpha value is -0.960. The molecule has 0 radical (unpaired) electrons. The molecule has 0 saturated carbocycles. The molecule has 1 saturated heterocycles. The van der Waals surface area contributed by atoms with Crippen molar-refractivity contribution < 1.29 is 8.78 Å². The zero-order valence-electron chi connectivity index (χ0n) is 8.55. The number of halogens is 2. The van der Waals surface area contributed by atoms with Gasteiger partial charge in [0.2, 0.25) is 0 Å². The van der Waals surface area contributed by atoms with Gasteiger partial charge < -0.3 is 5.32 Å². The molecule has 0 aliphatic carbocycles. The van der Waals surface area contributed by atoms with Crippen LogP contribution in [-0.2, 0) is 0 Å². The zero-order valence-corrected chi connectivity index (χ0v) is 8.55. The molecule has 1 N–H and O–H groups in total. The summed E-state index contributed by atoms with van der Waals surface area (Å²) < 4.78 is 26.6. The minimum atomic E-state index is -1.06. The van der Waals surface area contributed by atoms with E-state index in [9.17, 15) is 8.78 Å². The number of rotatable bonds is 3. The molecule has 0 bridgehead atoms. The van der Waals surface area contributed by atoms with Crippen molar-refractivity contribution in [3.05, 3.63) is 35.6 Å². The molecule has 1 aliphatic heterocycles. The van der Waals surface area contributed by atoms with Crippen LogP contribution < -0.4 is 5.32 Å². The van der Waals surface area contributed by atoms with Gasteiger partial charge in [-0.25, -0.2) is 8.78 Å². The number of hydrogen-bond acceptors (Lipinski definition) is 1. The van der Waals surface area contributed by atoms with E-state index in [4.69, 9.17) is 0 Å². The lowest BCUT2D eigenvalue weighted by molar-refractivity contribution is 0.293. The summed E-state index contributed by atoms with van der Waals surface area (Å²) in [7, 11) is 0. The van der Waals surface area contributed by atoms with E-state index in [1.807, 2.05) is 0 Å². The molecule has 0 aromatic heterocycles. The minimum Gasteiger partial charge on any atom is -0.314 e. The highest BCUT2D eigenvalue weighted by molar-refractivity contribution is 5.19. The molecule has 15 heavy (non-hydrogen) atoms. The summed E-state index contributed by atoms with van der Waals surface area (Å²) in [6.45, 7) is 0.973. The number of alkyl halides is 1. The summed E-state index contributed by atoms with van der Waals surface area (Å²) >= 11 is 0. The maximum atomic E-state index is 13.8. The van der Waals surface area contributed by atoms with E-state index in [1.54, 1.807) is 12.1 Å². The Morgan fingerprint density at radius 3 is 3.00 bits per heavy atom. The monoisotopic (exact) mass is 211 g/mol. The Balaban J connectivity index is 1.97. The van der Waals surface area contributed by atoms with Gasteiger partial charge in [-0.05, 0) is 43.5 Å². The molecular weight excluding hydrogens is 196 g/mol. The van der Waals surface area contributed by atoms with Gasteiger partial charge in [-0.3, -0.25) is 0 Å². The van der Waals surface area contributed by atoms with Crippen molar-refractivity contribution >= 4 is 0 Å². The SMILES string of the molecule is Fc1cccc(C(F)CC2CCCN2)c1. The second-order valence-corrected chi connectivity index (χ2v) is 4.05. The second kappa shape index (κ2) is 4.71. The first-order chi connectivity index (χ1) is 7.25. The number of nitrogens with one attached hydrogen (secondary N) is 1. The molecule has 1 nitrogen and oxygen atoms in total. The molecule has 2 rings (SSSR count). The van der Waals surface area contributed by atoms with Crippen LogP contribution in [0.3, 0.4) is 0 Å². The lowest BCUT2D eigenvalue weighted by atomic mass is 10.0. The van der Waals surface area contributed by atoms with Gasteiger partial charge in [0.05, 0.1) is 0 Å². The van der Waals surface area contributed by atoms with Crippen molar-refractivity contribution in [2.75, 3.05) is 6.54 Å². The summed E-state index contributed by atoms with van der Waals surface area (Å²) in [5, 5.41) is 3.24. The summed E-state index contributed by atoms with van der Waals surface area (Å²) in [6, 6.07) is 6.06. The normalized spacial score (nSPS) is 22.9. The van der Waals surface area contributed by atoms with E-state index >= 15 is 0 Å². The quantitative estimate of drug-likeness (QED) is 0.810. The van der Waals surface area contributed by atoms with Gasteiger partial charge >= 0.3 is 0 Å². The Bertz CT molecular complexity index is 321. The molecule has 1 aromatic carbocycles. The van der Waals surface area contributed by atoms with Crippen LogP contribution in [0.25, 0.3) is 0 Å². The van der Waals surface area contributed by atoms with Gasteiger partial charge in [0.1, 0.15) is 12.0 Å². The second-order valence-electron chi connectivity index (χ2n) is 4.05. The Morgan fingerprint density at radius 2 is 2.33 bits per heavy atom. The van der Waals surface area contributed by atoms with Gasteiger partial charge in [-0.15, -0.1) is 0 Å². The molecule has 1 aliphatic rings. The number of benzene rings is 1. The third-order valence-corrected chi connectivity index (χ3v) is 2.86. The summed E-state index contributed by atoms with van der Waals surface area (Å²) in [5.74, 6) is -0.366. The smallest absolute Gasteiger partial charge is 0.127 e. The predicted octanol–water partition coefficient (Wildman–Crippen LogP) is 2.98. The molecule has 82 valence electrons. The molecule has 2 atom stereocenters. The molecule has 1 aromatic rings. The van der Waals surface area contributed by atoms with Crippen LogP contribution in [0.15, 0.2) is 24.3 Å². The molecule has 3 heteroatoms. The van der Waals surface area contributed by atoms with Crippen LogP contribution in [0.4, 0.5) is 8.78 Å². The van der Waals surface area contributed by atoms with Crippen LogP contribution in [0.2, 0.25) is 0 Å². The summed E-state index contributed by atoms with van der Waals surface area (Å²) in [4.78, 5) is 0. The van der Waals surface area contributed by atoms with E-state index < -0.39 is 6.17 Å². The Morgan fingerprint density at radius 1 is 1.47 bits per heavy atom. The first-order valence-electron chi connectivity index (χ1n) is 5.38. The Kier molecular flexibility index (Phi) is 3.31. The molecule has 2 unspecified atom stereocenters. The summed E-state index contributed by atoms with van der Waals surface area (Å²) in [6.07, 6.45) is 1.52. The average molecular weight is 211 g/mol. The zero-order chi connectivity index (χ0) is 10.7. The topological polar surface area (TPSA) is 12.0 Å². The first kappa shape index (κ1) is 10.6. The fraction of sp³-hybridized carbons (Fsp3) is 0.500. The van der Waals surface area contributed by atoms with Crippen LogP contribution in [0.1, 0.15) is 31.0 Å². The third-order valence-electron chi connectivity index (χ3n) is 2.86. The highest BCUT2D eigenvalue weighted by Crippen LogP contribution is 2.25. The predicted molar refractivity (Wildman–Crippen MR) is 55.9 cm³/mol. The molecular formula is C12H15F2N. The third kappa shape index (κ3) is 2.75. The highest BCUT2D eigenvalue weighted by atomic mass is 19.1. The van der Waals surface area contributed by atoms with Crippen molar-refractivity contribution in [2.24, 2.45) is 0 Å². The van der Waals surface area contributed by atoms with E-state index in [-0.39, 0.29) is 11.9 Å². The first-order valence-corrected chi connectivity index (χ1v) is 5.38. The van der Waals surface area contributed by atoms with Crippen molar-refractivity contribution in [1.29, 1.82) is 0 Å². The van der Waals surface area contributed by atoms with E-state index in [1.165, 1.54) is 12.1 Å². The van der Waals surface area contributed by atoms with Gasteiger partial charge in [0.15, 0.2) is 0 Å². The van der Waals surface area contributed by atoms with Crippen molar-refractivity contribution in [2.45, 2.75) is 31.5 Å². The maximum absolute atomic E-state index is 13.8. The van der Waals surface area contributed by atoms with Crippen molar-refractivity contribution in [1.82, 2.24) is 5.32 Å². The van der Waals surface area contributed by atoms with E-state index in [0.717, 1.165) is 19.4 Å². The summed E-state index contributed by atoms with van der Waals surface area (Å²) in [5.41, 5.74) is 0.448. The minimum absolute atomic E-state index is 0.253.